The molecule has 0 fully saturated rings. The first kappa shape index (κ1) is 13.5. The monoisotopic (exact) mass is 239 g/mol. The van der Waals surface area contributed by atoms with Crippen LogP contribution in [0.2, 0.25) is 0 Å². The number of hydrogen-bond donors (Lipinski definition) is 0. The van der Waals surface area contributed by atoms with Crippen molar-refractivity contribution >= 4 is 11.6 Å². The Morgan fingerprint density at radius 2 is 1.75 bits per heavy atom. The van der Waals surface area contributed by atoms with Crippen LogP contribution in [0.5, 0.6) is 0 Å². The van der Waals surface area contributed by atoms with Crippen LogP contribution in [0, 0.1) is 13.8 Å². The second kappa shape index (κ2) is 6.27. The van der Waals surface area contributed by atoms with Crippen molar-refractivity contribution in [2.75, 3.05) is 13.6 Å². The second-order valence-electron chi connectivity index (χ2n) is 4.80. The predicted molar refractivity (Wildman–Crippen MR) is 72.2 cm³/mol. The largest absolute Gasteiger partial charge is 0.302 e. The third kappa shape index (κ3) is 5.00. The molecule has 1 unspecified atom stereocenters. The van der Waals surface area contributed by atoms with Crippen molar-refractivity contribution in [1.82, 2.24) is 4.90 Å². The van der Waals surface area contributed by atoms with Crippen molar-refractivity contribution in [1.29, 1.82) is 0 Å². The molecule has 90 valence electrons. The van der Waals surface area contributed by atoms with E-state index in [2.05, 4.69) is 44.0 Å². The smallest absolute Gasteiger partial charge is 0.0320 e. The highest BCUT2D eigenvalue weighted by atomic mass is 35.5. The quantitative estimate of drug-likeness (QED) is 0.708. The van der Waals surface area contributed by atoms with Gasteiger partial charge in [0.2, 0.25) is 0 Å². The van der Waals surface area contributed by atoms with E-state index in [-0.39, 0.29) is 5.38 Å². The summed E-state index contributed by atoms with van der Waals surface area (Å²) in [6.07, 6.45) is 1.04. The molecule has 0 amide bonds. The second-order valence-corrected chi connectivity index (χ2v) is 5.55. The van der Waals surface area contributed by atoms with Gasteiger partial charge in [0.1, 0.15) is 0 Å². The molecule has 0 aliphatic carbocycles. The van der Waals surface area contributed by atoms with Crippen molar-refractivity contribution in [3.8, 4) is 0 Å². The zero-order valence-corrected chi connectivity index (χ0v) is 11.5. The van der Waals surface area contributed by atoms with Crippen LogP contribution in [-0.4, -0.2) is 23.9 Å². The molecule has 1 aromatic carbocycles. The maximum absolute atomic E-state index is 5.95. The van der Waals surface area contributed by atoms with E-state index in [1.54, 1.807) is 0 Å². The molecule has 1 rings (SSSR count). The summed E-state index contributed by atoms with van der Waals surface area (Å²) >= 11 is 5.95. The fourth-order valence-corrected chi connectivity index (χ4v) is 2.05. The first-order valence-electron chi connectivity index (χ1n) is 5.87. The molecule has 0 heterocycles. The summed E-state index contributed by atoms with van der Waals surface area (Å²) in [4.78, 5) is 2.33. The Balaban J connectivity index is 2.52. The molecule has 0 bridgehead atoms. The summed E-state index contributed by atoms with van der Waals surface area (Å²) in [5.41, 5.74) is 4.07. The molecule has 0 saturated carbocycles. The Morgan fingerprint density at radius 3 is 2.25 bits per heavy atom. The summed E-state index contributed by atoms with van der Waals surface area (Å²) in [5, 5.41) is 0.265. The minimum Gasteiger partial charge on any atom is -0.302 e. The van der Waals surface area contributed by atoms with Crippen LogP contribution in [0.25, 0.3) is 0 Å². The molecule has 2 heteroatoms. The molecule has 0 spiro atoms. The lowest BCUT2D eigenvalue weighted by Crippen LogP contribution is -2.21. The Bertz CT molecular complexity index is 313. The molecular formula is C14H22ClN. The number of nitrogens with zero attached hydrogens (tertiary/aromatic N) is 1. The van der Waals surface area contributed by atoms with E-state index in [9.17, 15) is 0 Å². The lowest BCUT2D eigenvalue weighted by Gasteiger charge is -2.18. The fraction of sp³-hybridized carbons (Fsp3) is 0.571. The highest BCUT2D eigenvalue weighted by Crippen LogP contribution is 2.11. The molecule has 0 aromatic heterocycles. The van der Waals surface area contributed by atoms with Gasteiger partial charge < -0.3 is 4.90 Å². The summed E-state index contributed by atoms with van der Waals surface area (Å²) in [6, 6.07) is 6.73. The van der Waals surface area contributed by atoms with Gasteiger partial charge in [0.05, 0.1) is 0 Å². The van der Waals surface area contributed by atoms with Gasteiger partial charge in [-0.05, 0) is 46.3 Å². The first-order valence-corrected chi connectivity index (χ1v) is 6.31. The molecular weight excluding hydrogens is 218 g/mol. The van der Waals surface area contributed by atoms with Crippen molar-refractivity contribution in [2.45, 2.75) is 39.1 Å². The van der Waals surface area contributed by atoms with Gasteiger partial charge in [0, 0.05) is 11.9 Å². The highest BCUT2D eigenvalue weighted by molar-refractivity contribution is 6.20. The number of rotatable bonds is 5. The number of alkyl halides is 1. The Morgan fingerprint density at radius 1 is 1.19 bits per heavy atom. The Kier molecular flexibility index (Phi) is 5.30. The zero-order chi connectivity index (χ0) is 12.1. The van der Waals surface area contributed by atoms with Crippen molar-refractivity contribution in [3.05, 3.63) is 34.9 Å². The average molecular weight is 240 g/mol. The lowest BCUT2D eigenvalue weighted by molar-refractivity contribution is 0.321. The van der Waals surface area contributed by atoms with Crippen LogP contribution in [0.3, 0.4) is 0 Å². The molecule has 1 atom stereocenters. The summed E-state index contributed by atoms with van der Waals surface area (Å²) < 4.78 is 0. The van der Waals surface area contributed by atoms with Crippen LogP contribution in [0.4, 0.5) is 0 Å². The lowest BCUT2D eigenvalue weighted by atomic mass is 10.1. The Labute approximate surface area is 104 Å². The molecule has 1 aromatic rings. The van der Waals surface area contributed by atoms with Gasteiger partial charge in [0.15, 0.2) is 0 Å². The average Bonchev–Trinajstić information content (AvgIpc) is 2.12. The Hall–Kier alpha value is -0.530. The molecule has 1 nitrogen and oxygen atoms in total. The van der Waals surface area contributed by atoms with Gasteiger partial charge in [-0.3, -0.25) is 0 Å². The van der Waals surface area contributed by atoms with E-state index in [0.29, 0.717) is 0 Å². The maximum atomic E-state index is 5.95. The van der Waals surface area contributed by atoms with Crippen LogP contribution in [-0.2, 0) is 6.54 Å². The van der Waals surface area contributed by atoms with Crippen LogP contribution in [0.15, 0.2) is 18.2 Å². The van der Waals surface area contributed by atoms with Gasteiger partial charge >= 0.3 is 0 Å². The molecule has 0 aliphatic rings. The number of benzene rings is 1. The summed E-state index contributed by atoms with van der Waals surface area (Å²) in [5.74, 6) is 0. The van der Waals surface area contributed by atoms with Gasteiger partial charge in [0.25, 0.3) is 0 Å². The standard InChI is InChI=1S/C14H22ClN/c1-11-7-12(2)9-14(8-11)10-16(4)6-5-13(3)15/h7-9,13H,5-6,10H2,1-4H3. The van der Waals surface area contributed by atoms with Crippen molar-refractivity contribution < 1.29 is 0 Å². The van der Waals surface area contributed by atoms with E-state index in [0.717, 1.165) is 19.5 Å². The number of halogens is 1. The number of hydrogen-bond acceptors (Lipinski definition) is 1. The predicted octanol–water partition coefficient (Wildman–Crippen LogP) is 3.75. The highest BCUT2D eigenvalue weighted by Gasteiger charge is 2.03. The minimum atomic E-state index is 0.265. The molecule has 0 radical (unpaired) electrons. The third-order valence-electron chi connectivity index (χ3n) is 2.64. The fourth-order valence-electron chi connectivity index (χ4n) is 1.95. The maximum Gasteiger partial charge on any atom is 0.0320 e. The third-order valence-corrected chi connectivity index (χ3v) is 2.86. The van der Waals surface area contributed by atoms with Crippen LogP contribution >= 0.6 is 11.6 Å². The molecule has 0 aliphatic heterocycles. The molecule has 0 N–H and O–H groups in total. The zero-order valence-electron chi connectivity index (χ0n) is 10.8. The van der Waals surface area contributed by atoms with Crippen LogP contribution in [0.1, 0.15) is 30.0 Å². The van der Waals surface area contributed by atoms with Gasteiger partial charge in [-0.15, -0.1) is 11.6 Å². The summed E-state index contributed by atoms with van der Waals surface area (Å²) in [7, 11) is 2.15. The van der Waals surface area contributed by atoms with Gasteiger partial charge in [-0.25, -0.2) is 0 Å². The first-order chi connectivity index (χ1) is 7.47. The summed E-state index contributed by atoms with van der Waals surface area (Å²) in [6.45, 7) is 8.41. The van der Waals surface area contributed by atoms with E-state index < -0.39 is 0 Å². The van der Waals surface area contributed by atoms with Crippen molar-refractivity contribution in [2.24, 2.45) is 0 Å². The van der Waals surface area contributed by atoms with E-state index in [1.807, 2.05) is 6.92 Å². The normalized spacial score (nSPS) is 13.1. The molecule has 16 heavy (non-hydrogen) atoms. The van der Waals surface area contributed by atoms with E-state index in [4.69, 9.17) is 11.6 Å². The molecule has 0 saturated heterocycles. The van der Waals surface area contributed by atoms with Gasteiger partial charge in [-0.1, -0.05) is 29.3 Å². The van der Waals surface area contributed by atoms with E-state index >= 15 is 0 Å². The SMILES string of the molecule is Cc1cc(C)cc(CN(C)CCC(C)Cl)c1. The van der Waals surface area contributed by atoms with Crippen molar-refractivity contribution in [3.63, 3.8) is 0 Å². The minimum absolute atomic E-state index is 0.265. The topological polar surface area (TPSA) is 3.24 Å². The van der Waals surface area contributed by atoms with Crippen LogP contribution < -0.4 is 0 Å². The van der Waals surface area contributed by atoms with Gasteiger partial charge in [-0.2, -0.15) is 0 Å². The van der Waals surface area contributed by atoms with E-state index in [1.165, 1.54) is 16.7 Å². The number of aryl methyl sites for hydroxylation is 2.